The SMILES string of the molecule is CCCCCCCCCCCCCCCCCCSCCCCCCCCCCCCCC(C)C. The fourth-order valence-corrected chi connectivity index (χ4v) is 6.22. The Morgan fingerprint density at radius 3 is 0.886 bits per heavy atom. The molecule has 0 aromatic heterocycles. The smallest absolute Gasteiger partial charge is 0.00675 e. The van der Waals surface area contributed by atoms with Gasteiger partial charge < -0.3 is 0 Å². The highest BCUT2D eigenvalue weighted by atomic mass is 32.2. The Balaban J connectivity index is 3.01. The monoisotopic (exact) mass is 511 g/mol. The van der Waals surface area contributed by atoms with Gasteiger partial charge in [0.25, 0.3) is 0 Å². The van der Waals surface area contributed by atoms with Crippen LogP contribution in [0.5, 0.6) is 0 Å². The number of thioether (sulfide) groups is 1. The van der Waals surface area contributed by atoms with Crippen molar-refractivity contribution in [2.24, 2.45) is 5.92 Å². The van der Waals surface area contributed by atoms with Crippen LogP contribution in [0.25, 0.3) is 0 Å². The van der Waals surface area contributed by atoms with Gasteiger partial charge in [0, 0.05) is 0 Å². The molecule has 0 aromatic carbocycles. The first-order valence-corrected chi connectivity index (χ1v) is 18.0. The van der Waals surface area contributed by atoms with Gasteiger partial charge in [-0.25, -0.2) is 0 Å². The van der Waals surface area contributed by atoms with Gasteiger partial charge in [-0.2, -0.15) is 11.8 Å². The van der Waals surface area contributed by atoms with Crippen LogP contribution in [0.3, 0.4) is 0 Å². The summed E-state index contributed by atoms with van der Waals surface area (Å²) in [5.41, 5.74) is 0. The molecule has 0 bridgehead atoms. The zero-order valence-corrected chi connectivity index (χ0v) is 26.0. The lowest BCUT2D eigenvalue weighted by molar-refractivity contribution is 0.504. The van der Waals surface area contributed by atoms with Crippen molar-refractivity contribution in [2.45, 2.75) is 201 Å². The normalized spacial score (nSPS) is 11.7. The molecule has 0 aromatic rings. The average molecular weight is 511 g/mol. The molecule has 0 amide bonds. The molecule has 212 valence electrons. The first-order chi connectivity index (χ1) is 17.3. The lowest BCUT2D eigenvalue weighted by atomic mass is 10.0. The zero-order chi connectivity index (χ0) is 25.5. The summed E-state index contributed by atoms with van der Waals surface area (Å²) in [5, 5.41) is 0. The molecule has 0 aliphatic rings. The van der Waals surface area contributed by atoms with E-state index in [9.17, 15) is 0 Å². The molecule has 0 spiro atoms. The first-order valence-electron chi connectivity index (χ1n) is 16.8. The summed E-state index contributed by atoms with van der Waals surface area (Å²) < 4.78 is 0. The van der Waals surface area contributed by atoms with Gasteiger partial charge in [0.2, 0.25) is 0 Å². The molecule has 0 nitrogen and oxygen atoms in total. The number of hydrogen-bond acceptors (Lipinski definition) is 1. The Labute approximate surface area is 229 Å². The first kappa shape index (κ1) is 35.4. The Kier molecular flexibility index (Phi) is 32.7. The molecule has 0 aliphatic heterocycles. The van der Waals surface area contributed by atoms with Crippen LogP contribution in [-0.4, -0.2) is 11.5 Å². The van der Waals surface area contributed by atoms with E-state index in [1.165, 1.54) is 191 Å². The van der Waals surface area contributed by atoms with Gasteiger partial charge in [0.05, 0.1) is 0 Å². The Hall–Kier alpha value is 0.350. The Bertz CT molecular complexity index is 350. The van der Waals surface area contributed by atoms with Gasteiger partial charge in [-0.3, -0.25) is 0 Å². The molecule has 0 rings (SSSR count). The largest absolute Gasteiger partial charge is 0.162 e. The molecular weight excluding hydrogens is 440 g/mol. The van der Waals surface area contributed by atoms with Crippen molar-refractivity contribution in [2.75, 3.05) is 11.5 Å². The minimum Gasteiger partial charge on any atom is -0.162 e. The van der Waals surface area contributed by atoms with Gasteiger partial charge in [-0.15, -0.1) is 0 Å². The van der Waals surface area contributed by atoms with E-state index in [1.807, 2.05) is 0 Å². The topological polar surface area (TPSA) is 0 Å². The third-order valence-electron chi connectivity index (χ3n) is 7.71. The van der Waals surface area contributed by atoms with Gasteiger partial charge in [-0.1, -0.05) is 188 Å². The van der Waals surface area contributed by atoms with Crippen LogP contribution in [0.4, 0.5) is 0 Å². The fraction of sp³-hybridized carbons (Fsp3) is 1.00. The van der Waals surface area contributed by atoms with Crippen molar-refractivity contribution in [1.82, 2.24) is 0 Å². The molecule has 0 saturated heterocycles. The molecule has 0 N–H and O–H groups in total. The highest BCUT2D eigenvalue weighted by molar-refractivity contribution is 7.99. The van der Waals surface area contributed by atoms with E-state index in [-0.39, 0.29) is 0 Å². The molecule has 0 saturated carbocycles. The van der Waals surface area contributed by atoms with E-state index in [2.05, 4.69) is 32.5 Å². The molecule has 0 fully saturated rings. The maximum atomic E-state index is 2.35. The van der Waals surface area contributed by atoms with Crippen molar-refractivity contribution in [3.8, 4) is 0 Å². The van der Waals surface area contributed by atoms with Crippen molar-refractivity contribution in [3.05, 3.63) is 0 Å². The van der Waals surface area contributed by atoms with Gasteiger partial charge in [0.15, 0.2) is 0 Å². The van der Waals surface area contributed by atoms with Gasteiger partial charge >= 0.3 is 0 Å². The number of hydrogen-bond donors (Lipinski definition) is 0. The third-order valence-corrected chi connectivity index (χ3v) is 8.87. The summed E-state index contributed by atoms with van der Waals surface area (Å²) in [6.45, 7) is 7.00. The zero-order valence-electron chi connectivity index (χ0n) is 25.2. The Morgan fingerprint density at radius 2 is 0.600 bits per heavy atom. The van der Waals surface area contributed by atoms with Crippen LogP contribution in [0, 0.1) is 5.92 Å². The standard InChI is InChI=1S/C34H70S/c1-4-5-6-7-8-9-10-11-12-13-14-17-20-23-26-29-32-35-33-30-27-24-21-18-15-16-19-22-25-28-31-34(2)3/h34H,4-33H2,1-3H3. The van der Waals surface area contributed by atoms with E-state index >= 15 is 0 Å². The summed E-state index contributed by atoms with van der Waals surface area (Å²) in [6, 6.07) is 0. The van der Waals surface area contributed by atoms with E-state index in [0.29, 0.717) is 0 Å². The molecule has 0 heterocycles. The lowest BCUT2D eigenvalue weighted by Gasteiger charge is -2.05. The summed E-state index contributed by atoms with van der Waals surface area (Å²) in [6.07, 6.45) is 41.2. The maximum Gasteiger partial charge on any atom is -0.00675 e. The van der Waals surface area contributed by atoms with Crippen LogP contribution in [0.1, 0.15) is 201 Å². The highest BCUT2D eigenvalue weighted by Crippen LogP contribution is 2.17. The average Bonchev–Trinajstić information content (AvgIpc) is 2.85. The maximum absolute atomic E-state index is 2.35. The summed E-state index contributed by atoms with van der Waals surface area (Å²) >= 11 is 2.22. The highest BCUT2D eigenvalue weighted by Gasteiger charge is 1.97. The predicted molar refractivity (Wildman–Crippen MR) is 167 cm³/mol. The van der Waals surface area contributed by atoms with Crippen LogP contribution < -0.4 is 0 Å². The predicted octanol–water partition coefficient (Wildman–Crippen LogP) is 13.3. The van der Waals surface area contributed by atoms with Gasteiger partial charge in [0.1, 0.15) is 0 Å². The minimum absolute atomic E-state index is 0.896. The van der Waals surface area contributed by atoms with Crippen molar-refractivity contribution >= 4 is 11.8 Å². The summed E-state index contributed by atoms with van der Waals surface area (Å²) in [4.78, 5) is 0. The van der Waals surface area contributed by atoms with Crippen molar-refractivity contribution < 1.29 is 0 Å². The molecule has 1 heteroatoms. The second kappa shape index (κ2) is 32.4. The number of rotatable bonds is 31. The molecule has 0 radical (unpaired) electrons. The van der Waals surface area contributed by atoms with E-state index in [1.54, 1.807) is 0 Å². The molecule has 0 atom stereocenters. The molecular formula is C34H70S. The second-order valence-electron chi connectivity index (χ2n) is 12.0. The number of unbranched alkanes of at least 4 members (excludes halogenated alkanes) is 25. The van der Waals surface area contributed by atoms with Crippen LogP contribution in [0.2, 0.25) is 0 Å². The second-order valence-corrected chi connectivity index (χ2v) is 13.2. The molecule has 0 aliphatic carbocycles. The molecule has 0 unspecified atom stereocenters. The van der Waals surface area contributed by atoms with E-state index in [0.717, 1.165) is 5.92 Å². The molecule has 35 heavy (non-hydrogen) atoms. The lowest BCUT2D eigenvalue weighted by Crippen LogP contribution is -1.88. The van der Waals surface area contributed by atoms with Crippen molar-refractivity contribution in [3.63, 3.8) is 0 Å². The van der Waals surface area contributed by atoms with Crippen LogP contribution in [-0.2, 0) is 0 Å². The van der Waals surface area contributed by atoms with Gasteiger partial charge in [-0.05, 0) is 30.3 Å². The minimum atomic E-state index is 0.896. The van der Waals surface area contributed by atoms with Crippen LogP contribution >= 0.6 is 11.8 Å². The fourth-order valence-electron chi connectivity index (χ4n) is 5.20. The summed E-state index contributed by atoms with van der Waals surface area (Å²) in [5.74, 6) is 3.72. The third kappa shape index (κ3) is 34.4. The van der Waals surface area contributed by atoms with E-state index in [4.69, 9.17) is 0 Å². The Morgan fingerprint density at radius 1 is 0.343 bits per heavy atom. The summed E-state index contributed by atoms with van der Waals surface area (Å²) in [7, 11) is 0. The quantitative estimate of drug-likeness (QED) is 0.0835. The van der Waals surface area contributed by atoms with Crippen molar-refractivity contribution in [1.29, 1.82) is 0 Å². The van der Waals surface area contributed by atoms with E-state index < -0.39 is 0 Å². The van der Waals surface area contributed by atoms with Crippen LogP contribution in [0.15, 0.2) is 0 Å².